The van der Waals surface area contributed by atoms with Gasteiger partial charge >= 0.3 is 5.97 Å². The summed E-state index contributed by atoms with van der Waals surface area (Å²) < 4.78 is 0. The number of carbonyl (C=O) groups excluding carboxylic acids is 3. The monoisotopic (exact) mass is 522 g/mol. The minimum Gasteiger partial charge on any atom is -0.480 e. The lowest BCUT2D eigenvalue weighted by Gasteiger charge is -2.27. The summed E-state index contributed by atoms with van der Waals surface area (Å²) in [4.78, 5) is 50.8. The molecule has 0 aliphatic carbocycles. The number of hydrogen-bond donors (Lipinski definition) is 5. The molecule has 36 heavy (non-hydrogen) atoms. The number of aliphatic carboxylic acids is 1. The summed E-state index contributed by atoms with van der Waals surface area (Å²) in [6.07, 6.45) is 3.40. The Morgan fingerprint density at radius 2 is 1.47 bits per heavy atom. The lowest BCUT2D eigenvalue weighted by atomic mass is 9.97. The van der Waals surface area contributed by atoms with E-state index in [1.165, 1.54) is 11.8 Å². The molecular formula is C26H42N4O5S. The predicted molar refractivity (Wildman–Crippen MR) is 143 cm³/mol. The summed E-state index contributed by atoms with van der Waals surface area (Å²) in [7, 11) is 0. The van der Waals surface area contributed by atoms with Crippen LogP contribution in [0.25, 0.3) is 0 Å². The number of carboxylic acid groups (broad SMARTS) is 1. The Morgan fingerprint density at radius 3 is 2.00 bits per heavy atom. The largest absolute Gasteiger partial charge is 0.480 e. The lowest BCUT2D eigenvalue weighted by molar-refractivity contribution is -0.142. The maximum absolute atomic E-state index is 13.2. The van der Waals surface area contributed by atoms with Crippen molar-refractivity contribution in [2.45, 2.75) is 77.5 Å². The van der Waals surface area contributed by atoms with Crippen LogP contribution in [0.4, 0.5) is 0 Å². The third kappa shape index (κ3) is 11.0. The van der Waals surface area contributed by atoms with E-state index in [-0.39, 0.29) is 18.3 Å². The highest BCUT2D eigenvalue weighted by Gasteiger charge is 2.31. The van der Waals surface area contributed by atoms with E-state index in [9.17, 15) is 24.3 Å². The first-order valence-electron chi connectivity index (χ1n) is 12.4. The van der Waals surface area contributed by atoms with Gasteiger partial charge < -0.3 is 26.8 Å². The molecule has 0 radical (unpaired) electrons. The molecule has 0 aromatic heterocycles. The van der Waals surface area contributed by atoms with Crippen LogP contribution in [0.2, 0.25) is 0 Å². The summed E-state index contributed by atoms with van der Waals surface area (Å²) in [5.74, 6) is -2.02. The molecule has 0 saturated carbocycles. The van der Waals surface area contributed by atoms with Gasteiger partial charge in [-0.15, -0.1) is 0 Å². The number of benzene rings is 1. The van der Waals surface area contributed by atoms with Crippen molar-refractivity contribution >= 4 is 35.5 Å². The Hall–Kier alpha value is -2.59. The molecular weight excluding hydrogens is 480 g/mol. The fraction of sp³-hybridized carbons (Fsp3) is 0.615. The van der Waals surface area contributed by atoms with Crippen molar-refractivity contribution < 1.29 is 24.3 Å². The number of nitrogens with one attached hydrogen (secondary N) is 3. The van der Waals surface area contributed by atoms with Crippen LogP contribution in [0.5, 0.6) is 0 Å². The van der Waals surface area contributed by atoms with Gasteiger partial charge in [0.1, 0.15) is 18.1 Å². The van der Waals surface area contributed by atoms with Crippen molar-refractivity contribution in [1.82, 2.24) is 16.0 Å². The molecule has 0 spiro atoms. The van der Waals surface area contributed by atoms with E-state index in [0.29, 0.717) is 18.6 Å². The Balaban J connectivity index is 2.99. The molecule has 1 aromatic carbocycles. The molecule has 202 valence electrons. The smallest absolute Gasteiger partial charge is 0.326 e. The predicted octanol–water partition coefficient (Wildman–Crippen LogP) is 1.94. The topological polar surface area (TPSA) is 151 Å². The molecule has 10 heteroatoms. The van der Waals surface area contributed by atoms with E-state index in [4.69, 9.17) is 5.73 Å². The van der Waals surface area contributed by atoms with Crippen LogP contribution in [0.15, 0.2) is 30.3 Å². The minimum atomic E-state index is -1.16. The Labute approximate surface area is 218 Å². The van der Waals surface area contributed by atoms with Gasteiger partial charge in [0.2, 0.25) is 17.7 Å². The van der Waals surface area contributed by atoms with Crippen molar-refractivity contribution in [1.29, 1.82) is 0 Å². The first kappa shape index (κ1) is 31.4. The van der Waals surface area contributed by atoms with Crippen LogP contribution in [0.1, 0.15) is 52.5 Å². The second-order valence-corrected chi connectivity index (χ2v) is 10.5. The van der Waals surface area contributed by atoms with E-state index in [2.05, 4.69) is 16.0 Å². The molecule has 0 aliphatic heterocycles. The molecule has 9 nitrogen and oxygen atoms in total. The zero-order valence-corrected chi connectivity index (χ0v) is 22.8. The van der Waals surface area contributed by atoms with Gasteiger partial charge in [-0.25, -0.2) is 4.79 Å². The van der Waals surface area contributed by atoms with Gasteiger partial charge in [0.05, 0.1) is 6.04 Å². The first-order valence-corrected chi connectivity index (χ1v) is 13.8. The Bertz CT molecular complexity index is 852. The molecule has 6 N–H and O–H groups in total. The minimum absolute atomic E-state index is 0.0505. The van der Waals surface area contributed by atoms with Gasteiger partial charge in [-0.3, -0.25) is 14.4 Å². The standard InChI is InChI=1S/C26H42N4O5S/c1-6-17(4)22(27)25(33)29-20(14-16(2)3)24(32)28-19(12-13-36-5)23(31)30-21(26(34)35)15-18-10-8-7-9-11-18/h7-11,16-17,19-22H,6,12-15,27H2,1-5H3,(H,28,32)(H,29,33)(H,30,31)(H,34,35). The second-order valence-electron chi connectivity index (χ2n) is 9.53. The number of amides is 3. The highest BCUT2D eigenvalue weighted by Crippen LogP contribution is 2.11. The second kappa shape index (κ2) is 16.2. The zero-order chi connectivity index (χ0) is 27.3. The van der Waals surface area contributed by atoms with Gasteiger partial charge in [-0.1, -0.05) is 64.4 Å². The van der Waals surface area contributed by atoms with E-state index < -0.39 is 47.9 Å². The average Bonchev–Trinajstić information content (AvgIpc) is 2.84. The number of thioether (sulfide) groups is 1. The van der Waals surface area contributed by atoms with E-state index >= 15 is 0 Å². The van der Waals surface area contributed by atoms with Crippen LogP contribution >= 0.6 is 11.8 Å². The average molecular weight is 523 g/mol. The molecule has 0 heterocycles. The van der Waals surface area contributed by atoms with Crippen LogP contribution in [0.3, 0.4) is 0 Å². The molecule has 1 rings (SSSR count). The van der Waals surface area contributed by atoms with Crippen molar-refractivity contribution in [2.24, 2.45) is 17.6 Å². The Morgan fingerprint density at radius 1 is 0.917 bits per heavy atom. The van der Waals surface area contributed by atoms with Gasteiger partial charge in [0.15, 0.2) is 0 Å². The van der Waals surface area contributed by atoms with Crippen LogP contribution in [0, 0.1) is 11.8 Å². The quantitative estimate of drug-likeness (QED) is 0.223. The zero-order valence-electron chi connectivity index (χ0n) is 22.0. The third-order valence-electron chi connectivity index (χ3n) is 6.04. The summed E-state index contributed by atoms with van der Waals surface area (Å²) in [6.45, 7) is 7.67. The van der Waals surface area contributed by atoms with E-state index in [1.807, 2.05) is 40.0 Å². The maximum Gasteiger partial charge on any atom is 0.326 e. The molecule has 3 amide bonds. The number of carbonyl (C=O) groups is 4. The number of carboxylic acids is 1. The summed E-state index contributed by atoms with van der Waals surface area (Å²) in [5.41, 5.74) is 6.82. The van der Waals surface area contributed by atoms with Crippen LogP contribution < -0.4 is 21.7 Å². The third-order valence-corrected chi connectivity index (χ3v) is 6.68. The van der Waals surface area contributed by atoms with Gasteiger partial charge in [0, 0.05) is 6.42 Å². The van der Waals surface area contributed by atoms with Crippen molar-refractivity contribution in [2.75, 3.05) is 12.0 Å². The molecule has 5 unspecified atom stereocenters. The first-order chi connectivity index (χ1) is 17.0. The van der Waals surface area contributed by atoms with Crippen molar-refractivity contribution in [3.63, 3.8) is 0 Å². The molecule has 0 aliphatic rings. The molecule has 0 saturated heterocycles. The Kier molecular flexibility index (Phi) is 14.2. The van der Waals surface area contributed by atoms with Gasteiger partial charge in [-0.2, -0.15) is 11.8 Å². The summed E-state index contributed by atoms with van der Waals surface area (Å²) >= 11 is 1.51. The van der Waals surface area contributed by atoms with Gasteiger partial charge in [-0.05, 0) is 42.2 Å². The van der Waals surface area contributed by atoms with Crippen molar-refractivity contribution in [3.05, 3.63) is 35.9 Å². The molecule has 0 bridgehead atoms. The highest BCUT2D eigenvalue weighted by atomic mass is 32.2. The normalized spacial score (nSPS) is 15.3. The summed E-state index contributed by atoms with van der Waals surface area (Å²) in [5, 5.41) is 17.7. The number of rotatable bonds is 16. The SMILES string of the molecule is CCC(C)C(N)C(=O)NC(CC(C)C)C(=O)NC(CCSC)C(=O)NC(Cc1ccccc1)C(=O)O. The van der Waals surface area contributed by atoms with E-state index in [1.54, 1.807) is 24.3 Å². The fourth-order valence-corrected chi connectivity index (χ4v) is 4.05. The molecule has 0 fully saturated rings. The maximum atomic E-state index is 13.2. The molecule has 1 aromatic rings. The van der Waals surface area contributed by atoms with Crippen molar-refractivity contribution in [3.8, 4) is 0 Å². The van der Waals surface area contributed by atoms with Crippen LogP contribution in [-0.4, -0.2) is 65.0 Å². The van der Waals surface area contributed by atoms with E-state index in [0.717, 1.165) is 12.0 Å². The fourth-order valence-electron chi connectivity index (χ4n) is 3.58. The summed E-state index contributed by atoms with van der Waals surface area (Å²) in [6, 6.07) is 5.30. The lowest BCUT2D eigenvalue weighted by Crippen LogP contribution is -2.58. The molecule has 5 atom stereocenters. The van der Waals surface area contributed by atoms with Crippen LogP contribution in [-0.2, 0) is 25.6 Å². The number of hydrogen-bond acceptors (Lipinski definition) is 6. The van der Waals surface area contributed by atoms with Gasteiger partial charge in [0.25, 0.3) is 0 Å². The highest BCUT2D eigenvalue weighted by molar-refractivity contribution is 7.98. The number of nitrogens with two attached hydrogens (primary N) is 1.